The standard InChI is InChI=1S/C27H23ClN2O3S/c28-23-10-6-9-21(17-23)19-33-24-15-13-22(14-16-24)27-29-25-11-4-5-12-26(25)34(31,32)30(27)18-20-7-2-1-3-8-20/h1-17,27,29H,18-19H2/t27-/m0/s1. The quantitative estimate of drug-likeness (QED) is 0.348. The largest absolute Gasteiger partial charge is 0.489 e. The summed E-state index contributed by atoms with van der Waals surface area (Å²) >= 11 is 6.05. The summed E-state index contributed by atoms with van der Waals surface area (Å²) in [5.41, 5.74) is 3.31. The number of benzene rings is 4. The molecule has 5 nitrogen and oxygen atoms in total. The van der Waals surface area contributed by atoms with Gasteiger partial charge in [-0.2, -0.15) is 4.31 Å². The lowest BCUT2D eigenvalue weighted by atomic mass is 10.1. The summed E-state index contributed by atoms with van der Waals surface area (Å²) in [5.74, 6) is 0.692. The summed E-state index contributed by atoms with van der Waals surface area (Å²) in [4.78, 5) is 0.281. The van der Waals surface area contributed by atoms with E-state index in [9.17, 15) is 8.42 Å². The molecule has 0 amide bonds. The highest BCUT2D eigenvalue weighted by Crippen LogP contribution is 2.39. The van der Waals surface area contributed by atoms with Crippen molar-refractivity contribution in [2.45, 2.75) is 24.2 Å². The molecule has 1 N–H and O–H groups in total. The van der Waals surface area contributed by atoms with E-state index in [0.29, 0.717) is 23.1 Å². The fourth-order valence-electron chi connectivity index (χ4n) is 4.02. The Morgan fingerprint density at radius 1 is 0.824 bits per heavy atom. The molecular weight excluding hydrogens is 468 g/mol. The molecule has 0 aromatic heterocycles. The minimum Gasteiger partial charge on any atom is -0.489 e. The van der Waals surface area contributed by atoms with Gasteiger partial charge in [-0.05, 0) is 53.1 Å². The first-order chi connectivity index (χ1) is 16.5. The average Bonchev–Trinajstić information content (AvgIpc) is 2.86. The van der Waals surface area contributed by atoms with Crippen molar-refractivity contribution < 1.29 is 13.2 Å². The molecule has 1 atom stereocenters. The highest BCUT2D eigenvalue weighted by Gasteiger charge is 2.38. The molecule has 34 heavy (non-hydrogen) atoms. The molecule has 0 fully saturated rings. The first kappa shape index (κ1) is 22.5. The van der Waals surface area contributed by atoms with Crippen molar-refractivity contribution in [2.75, 3.05) is 5.32 Å². The second kappa shape index (κ2) is 9.50. The summed E-state index contributed by atoms with van der Waals surface area (Å²) in [7, 11) is -3.71. The van der Waals surface area contributed by atoms with E-state index in [2.05, 4.69) is 5.32 Å². The molecule has 1 aliphatic heterocycles. The van der Waals surface area contributed by atoms with Crippen LogP contribution in [-0.4, -0.2) is 12.7 Å². The Hall–Kier alpha value is -3.32. The maximum absolute atomic E-state index is 13.6. The number of anilines is 1. The van der Waals surface area contributed by atoms with E-state index < -0.39 is 16.2 Å². The van der Waals surface area contributed by atoms with Gasteiger partial charge in [-0.25, -0.2) is 8.42 Å². The topological polar surface area (TPSA) is 58.6 Å². The van der Waals surface area contributed by atoms with Crippen molar-refractivity contribution in [3.05, 3.63) is 125 Å². The number of hydrogen-bond acceptors (Lipinski definition) is 4. The zero-order chi connectivity index (χ0) is 23.5. The first-order valence-electron chi connectivity index (χ1n) is 10.9. The molecule has 0 spiro atoms. The van der Waals surface area contributed by atoms with E-state index in [-0.39, 0.29) is 11.4 Å². The lowest BCUT2D eigenvalue weighted by Gasteiger charge is -2.37. The lowest BCUT2D eigenvalue weighted by Crippen LogP contribution is -2.42. The van der Waals surface area contributed by atoms with E-state index in [4.69, 9.17) is 16.3 Å². The molecule has 0 radical (unpaired) electrons. The van der Waals surface area contributed by atoms with Crippen molar-refractivity contribution in [2.24, 2.45) is 0 Å². The van der Waals surface area contributed by atoms with Crippen LogP contribution in [0, 0.1) is 0 Å². The van der Waals surface area contributed by atoms with Crippen molar-refractivity contribution in [1.29, 1.82) is 0 Å². The zero-order valence-corrected chi connectivity index (χ0v) is 19.8. The molecule has 0 aliphatic carbocycles. The van der Waals surface area contributed by atoms with E-state index in [1.54, 1.807) is 18.2 Å². The molecule has 0 saturated carbocycles. The Labute approximate surface area is 204 Å². The number of nitrogens with zero attached hydrogens (tertiary/aromatic N) is 1. The normalized spacial score (nSPS) is 16.9. The number of sulfonamides is 1. The van der Waals surface area contributed by atoms with Gasteiger partial charge >= 0.3 is 0 Å². The van der Waals surface area contributed by atoms with Gasteiger partial charge in [-0.15, -0.1) is 0 Å². The number of hydrogen-bond donors (Lipinski definition) is 1. The van der Waals surface area contributed by atoms with Gasteiger partial charge < -0.3 is 10.1 Å². The van der Waals surface area contributed by atoms with Crippen LogP contribution < -0.4 is 10.1 Å². The second-order valence-corrected chi connectivity index (χ2v) is 10.4. The molecule has 1 heterocycles. The van der Waals surface area contributed by atoms with Crippen molar-refractivity contribution in [1.82, 2.24) is 4.31 Å². The minimum absolute atomic E-state index is 0.252. The summed E-state index contributed by atoms with van der Waals surface area (Å²) in [5, 5.41) is 4.08. The van der Waals surface area contributed by atoms with E-state index >= 15 is 0 Å². The van der Waals surface area contributed by atoms with Gasteiger partial charge in [0.2, 0.25) is 10.0 Å². The predicted octanol–water partition coefficient (Wildman–Crippen LogP) is 6.23. The third kappa shape index (κ3) is 4.66. The van der Waals surface area contributed by atoms with E-state index in [0.717, 1.165) is 16.7 Å². The number of para-hydroxylation sites is 1. The van der Waals surface area contributed by atoms with Crippen LogP contribution in [0.25, 0.3) is 0 Å². The van der Waals surface area contributed by atoms with Gasteiger partial charge in [0, 0.05) is 11.6 Å². The molecule has 0 bridgehead atoms. The van der Waals surface area contributed by atoms with Gasteiger partial charge in [-0.1, -0.05) is 78.3 Å². The Morgan fingerprint density at radius 2 is 1.53 bits per heavy atom. The van der Waals surface area contributed by atoms with Gasteiger partial charge in [0.25, 0.3) is 0 Å². The van der Waals surface area contributed by atoms with Crippen LogP contribution in [0.3, 0.4) is 0 Å². The summed E-state index contributed by atoms with van der Waals surface area (Å²) in [6.45, 7) is 0.645. The van der Waals surface area contributed by atoms with Crippen LogP contribution in [0.1, 0.15) is 22.9 Å². The zero-order valence-electron chi connectivity index (χ0n) is 18.3. The van der Waals surface area contributed by atoms with Crippen LogP contribution in [0.5, 0.6) is 5.75 Å². The van der Waals surface area contributed by atoms with Gasteiger partial charge in [-0.3, -0.25) is 0 Å². The van der Waals surface area contributed by atoms with Crippen molar-refractivity contribution >= 4 is 27.3 Å². The van der Waals surface area contributed by atoms with Crippen LogP contribution in [0.2, 0.25) is 5.02 Å². The second-order valence-electron chi connectivity index (χ2n) is 8.07. The summed E-state index contributed by atoms with van der Waals surface area (Å²) in [6, 6.07) is 31.6. The Balaban J connectivity index is 1.43. The van der Waals surface area contributed by atoms with E-state index in [1.807, 2.05) is 84.9 Å². The molecule has 0 unspecified atom stereocenters. The summed E-state index contributed by atoms with van der Waals surface area (Å²) < 4.78 is 34.6. The first-order valence-corrected chi connectivity index (χ1v) is 12.7. The fourth-order valence-corrected chi connectivity index (χ4v) is 5.92. The minimum atomic E-state index is -3.71. The molecule has 172 valence electrons. The van der Waals surface area contributed by atoms with Crippen LogP contribution >= 0.6 is 11.6 Å². The average molecular weight is 491 g/mol. The molecule has 4 aromatic carbocycles. The summed E-state index contributed by atoms with van der Waals surface area (Å²) in [6.07, 6.45) is -0.554. The number of ether oxygens (including phenoxy) is 1. The Morgan fingerprint density at radius 3 is 2.29 bits per heavy atom. The van der Waals surface area contributed by atoms with Gasteiger partial charge in [0.1, 0.15) is 23.4 Å². The van der Waals surface area contributed by atoms with Crippen LogP contribution in [0.4, 0.5) is 5.69 Å². The molecule has 4 aromatic rings. The third-order valence-corrected chi connectivity index (χ3v) is 7.83. The monoisotopic (exact) mass is 490 g/mol. The van der Waals surface area contributed by atoms with Crippen LogP contribution in [0.15, 0.2) is 108 Å². The molecule has 7 heteroatoms. The highest BCUT2D eigenvalue weighted by atomic mass is 35.5. The van der Waals surface area contributed by atoms with Crippen molar-refractivity contribution in [3.63, 3.8) is 0 Å². The Kier molecular flexibility index (Phi) is 6.28. The molecule has 0 saturated heterocycles. The number of halogens is 1. The Bertz CT molecular complexity index is 1390. The third-order valence-electron chi connectivity index (χ3n) is 5.73. The van der Waals surface area contributed by atoms with Gasteiger partial charge in [0.15, 0.2) is 0 Å². The molecule has 5 rings (SSSR count). The molecular formula is C27H23ClN2O3S. The maximum atomic E-state index is 13.6. The van der Waals surface area contributed by atoms with Crippen molar-refractivity contribution in [3.8, 4) is 5.75 Å². The predicted molar refractivity (Wildman–Crippen MR) is 134 cm³/mol. The lowest BCUT2D eigenvalue weighted by molar-refractivity contribution is 0.305. The highest BCUT2D eigenvalue weighted by molar-refractivity contribution is 7.89. The van der Waals surface area contributed by atoms with Crippen LogP contribution in [-0.2, 0) is 23.2 Å². The fraction of sp³-hybridized carbons (Fsp3) is 0.111. The number of nitrogens with one attached hydrogen (secondary N) is 1. The maximum Gasteiger partial charge on any atom is 0.247 e. The van der Waals surface area contributed by atoms with E-state index in [1.165, 1.54) is 4.31 Å². The smallest absolute Gasteiger partial charge is 0.247 e. The number of rotatable bonds is 6. The van der Waals surface area contributed by atoms with Gasteiger partial charge in [0.05, 0.1) is 5.69 Å². The number of fused-ring (bicyclic) bond motifs is 1. The molecule has 1 aliphatic rings. The SMILES string of the molecule is O=S1(=O)c2ccccc2N[C@H](c2ccc(OCc3cccc(Cl)c3)cc2)N1Cc1ccccc1.